The van der Waals surface area contributed by atoms with Crippen LogP contribution >= 0.6 is 0 Å². The Kier molecular flexibility index (Phi) is 7.67. The van der Waals surface area contributed by atoms with E-state index in [1.165, 1.54) is 0 Å². The molecule has 1 N–H and O–H groups in total. The van der Waals surface area contributed by atoms with E-state index in [4.69, 9.17) is 15.3 Å². The zero-order valence-electron chi connectivity index (χ0n) is 26.5. The molecule has 0 fully saturated rings. The predicted molar refractivity (Wildman–Crippen MR) is 196 cm³/mol. The van der Waals surface area contributed by atoms with Gasteiger partial charge in [-0.2, -0.15) is 10.5 Å². The molecule has 0 bridgehead atoms. The maximum absolute atomic E-state index is 9.15. The van der Waals surface area contributed by atoms with Gasteiger partial charge in [-0.25, -0.2) is 0 Å². The monoisotopic (exact) mass is 627 g/mol. The van der Waals surface area contributed by atoms with Gasteiger partial charge in [-0.05, 0) is 86.5 Å². The topological polar surface area (TPSA) is 68.8 Å². The first-order chi connectivity index (χ1) is 24.1. The highest BCUT2D eigenvalue weighted by molar-refractivity contribution is 5.89. The number of hydrogen-bond acceptors (Lipinski definition) is 4. The number of anilines is 1. The van der Waals surface area contributed by atoms with Crippen LogP contribution in [0.15, 0.2) is 164 Å². The number of nitrogens with one attached hydrogen (secondary N) is 1. The average molecular weight is 628 g/mol. The predicted octanol–water partition coefficient (Wildman–Crippen LogP) is 11.3. The summed E-state index contributed by atoms with van der Waals surface area (Å²) in [6, 6.07) is 60.0. The molecular formula is C45H29N3O. The fraction of sp³-hybridized carbons (Fsp3) is 0.0222. The molecule has 49 heavy (non-hydrogen) atoms. The summed E-state index contributed by atoms with van der Waals surface area (Å²) >= 11 is 0. The van der Waals surface area contributed by atoms with Gasteiger partial charge in [0.2, 0.25) is 0 Å². The standard InChI is InChI=1S/C45H29N3O/c46-28-30-6-10-32(11-7-30)34-14-16-36(17-15-34)37-22-24-40(25-23-37)45-48-44-42(39-4-2-1-3-5-39)26-41(27-43(44)49-45)38-20-18-35(19-21-38)33-12-8-31(29-47)9-13-33/h1-27,45,48H. The highest BCUT2D eigenvalue weighted by Crippen LogP contribution is 2.47. The Bertz CT molecular complexity index is 2350. The van der Waals surface area contributed by atoms with Crippen molar-refractivity contribution in [2.24, 2.45) is 0 Å². The van der Waals surface area contributed by atoms with Crippen molar-refractivity contribution in [2.45, 2.75) is 6.23 Å². The van der Waals surface area contributed by atoms with Crippen LogP contribution in [-0.2, 0) is 0 Å². The minimum atomic E-state index is -0.320. The second-order valence-electron chi connectivity index (χ2n) is 12.1. The molecule has 0 saturated carbocycles. The molecule has 7 aromatic carbocycles. The summed E-state index contributed by atoms with van der Waals surface area (Å²) in [7, 11) is 0. The molecule has 0 saturated heterocycles. The highest BCUT2D eigenvalue weighted by Gasteiger charge is 2.27. The zero-order chi connectivity index (χ0) is 33.2. The summed E-state index contributed by atoms with van der Waals surface area (Å²) in [5.41, 5.74) is 14.4. The third-order valence-corrected chi connectivity index (χ3v) is 9.05. The van der Waals surface area contributed by atoms with E-state index >= 15 is 0 Å². The van der Waals surface area contributed by atoms with Crippen molar-refractivity contribution in [2.75, 3.05) is 5.32 Å². The molecule has 0 amide bonds. The minimum absolute atomic E-state index is 0.320. The lowest BCUT2D eigenvalue weighted by Crippen LogP contribution is -2.10. The van der Waals surface area contributed by atoms with E-state index in [-0.39, 0.29) is 6.23 Å². The van der Waals surface area contributed by atoms with Gasteiger partial charge in [0.05, 0.1) is 29.0 Å². The fourth-order valence-corrected chi connectivity index (χ4v) is 6.34. The van der Waals surface area contributed by atoms with Gasteiger partial charge in [0.25, 0.3) is 0 Å². The first kappa shape index (κ1) is 29.5. The molecule has 4 heteroatoms. The van der Waals surface area contributed by atoms with Crippen molar-refractivity contribution < 1.29 is 4.74 Å². The molecule has 1 aliphatic heterocycles. The Morgan fingerprint density at radius 2 is 0.837 bits per heavy atom. The van der Waals surface area contributed by atoms with Crippen LogP contribution in [0.4, 0.5) is 5.69 Å². The van der Waals surface area contributed by atoms with Crippen LogP contribution in [0.3, 0.4) is 0 Å². The van der Waals surface area contributed by atoms with Gasteiger partial charge in [-0.15, -0.1) is 0 Å². The second kappa shape index (κ2) is 12.7. The van der Waals surface area contributed by atoms with Crippen molar-refractivity contribution >= 4 is 5.69 Å². The molecule has 1 unspecified atom stereocenters. The zero-order valence-corrected chi connectivity index (χ0v) is 26.5. The van der Waals surface area contributed by atoms with E-state index in [2.05, 4.69) is 127 Å². The molecule has 4 nitrogen and oxygen atoms in total. The molecule has 1 aliphatic rings. The van der Waals surface area contributed by atoms with Crippen LogP contribution in [-0.4, -0.2) is 0 Å². The quantitative estimate of drug-likeness (QED) is 0.199. The first-order valence-electron chi connectivity index (χ1n) is 16.1. The molecule has 0 aromatic heterocycles. The van der Waals surface area contributed by atoms with Gasteiger partial charge in [-0.3, -0.25) is 0 Å². The van der Waals surface area contributed by atoms with Gasteiger partial charge in [0.15, 0.2) is 6.23 Å². The third kappa shape index (κ3) is 5.92. The normalized spacial score (nSPS) is 13.0. The van der Waals surface area contributed by atoms with Gasteiger partial charge >= 0.3 is 0 Å². The van der Waals surface area contributed by atoms with Crippen LogP contribution in [0, 0.1) is 22.7 Å². The van der Waals surface area contributed by atoms with E-state index in [0.29, 0.717) is 11.1 Å². The summed E-state index contributed by atoms with van der Waals surface area (Å²) in [6.45, 7) is 0. The Labute approximate surface area is 285 Å². The van der Waals surface area contributed by atoms with Gasteiger partial charge in [-0.1, -0.05) is 127 Å². The fourth-order valence-electron chi connectivity index (χ4n) is 6.34. The van der Waals surface area contributed by atoms with Crippen LogP contribution in [0.2, 0.25) is 0 Å². The number of benzene rings is 7. The average Bonchev–Trinajstić information content (AvgIpc) is 3.63. The molecule has 8 rings (SSSR count). The Morgan fingerprint density at radius 3 is 1.29 bits per heavy atom. The maximum atomic E-state index is 9.15. The van der Waals surface area contributed by atoms with E-state index < -0.39 is 0 Å². The summed E-state index contributed by atoms with van der Waals surface area (Å²) in [4.78, 5) is 0. The smallest absolute Gasteiger partial charge is 0.196 e. The van der Waals surface area contributed by atoms with E-state index in [1.807, 2.05) is 54.6 Å². The second-order valence-corrected chi connectivity index (χ2v) is 12.1. The van der Waals surface area contributed by atoms with Crippen LogP contribution in [0.1, 0.15) is 22.9 Å². The largest absolute Gasteiger partial charge is 0.464 e. The van der Waals surface area contributed by atoms with Crippen molar-refractivity contribution in [1.29, 1.82) is 10.5 Å². The summed E-state index contributed by atoms with van der Waals surface area (Å²) < 4.78 is 6.60. The highest BCUT2D eigenvalue weighted by atomic mass is 16.5. The molecule has 7 aromatic rings. The number of rotatable bonds is 6. The number of fused-ring (bicyclic) bond motifs is 1. The molecule has 0 spiro atoms. The van der Waals surface area contributed by atoms with Gasteiger partial charge in [0, 0.05) is 11.1 Å². The lowest BCUT2D eigenvalue weighted by atomic mass is 9.95. The summed E-state index contributed by atoms with van der Waals surface area (Å²) in [5.74, 6) is 0.819. The molecule has 0 aliphatic carbocycles. The molecular weight excluding hydrogens is 599 g/mol. The van der Waals surface area contributed by atoms with Crippen LogP contribution in [0.5, 0.6) is 5.75 Å². The number of nitriles is 2. The van der Waals surface area contributed by atoms with Gasteiger partial charge in [0.1, 0.15) is 5.75 Å². The van der Waals surface area contributed by atoms with Crippen molar-refractivity contribution in [1.82, 2.24) is 0 Å². The van der Waals surface area contributed by atoms with Gasteiger partial charge < -0.3 is 10.1 Å². The summed E-state index contributed by atoms with van der Waals surface area (Å²) in [6.07, 6.45) is -0.320. The Hall–Kier alpha value is -6.88. The van der Waals surface area contributed by atoms with E-state index in [0.717, 1.165) is 72.6 Å². The molecule has 1 atom stereocenters. The van der Waals surface area contributed by atoms with E-state index in [1.54, 1.807) is 0 Å². The molecule has 0 radical (unpaired) electrons. The van der Waals surface area contributed by atoms with Crippen molar-refractivity contribution in [3.8, 4) is 73.5 Å². The first-order valence-corrected chi connectivity index (χ1v) is 16.1. The Morgan fingerprint density at radius 1 is 0.429 bits per heavy atom. The minimum Gasteiger partial charge on any atom is -0.464 e. The number of nitrogens with zero attached hydrogens (tertiary/aromatic N) is 2. The SMILES string of the molecule is N#Cc1ccc(-c2ccc(-c3ccc(C4Nc5c(cc(-c6ccc(-c7ccc(C#N)cc7)cc6)cc5-c5ccccc5)O4)cc3)cc2)cc1. The lowest BCUT2D eigenvalue weighted by Gasteiger charge is -2.13. The van der Waals surface area contributed by atoms with Crippen LogP contribution < -0.4 is 10.1 Å². The molecule has 230 valence electrons. The van der Waals surface area contributed by atoms with Crippen LogP contribution in [0.25, 0.3) is 55.6 Å². The maximum Gasteiger partial charge on any atom is 0.196 e. The molecule has 1 heterocycles. The number of hydrogen-bond donors (Lipinski definition) is 1. The lowest BCUT2D eigenvalue weighted by molar-refractivity contribution is 0.260. The van der Waals surface area contributed by atoms with Crippen molar-refractivity contribution in [3.63, 3.8) is 0 Å². The third-order valence-electron chi connectivity index (χ3n) is 9.05. The Balaban J connectivity index is 1.05. The summed E-state index contributed by atoms with van der Waals surface area (Å²) in [5, 5.41) is 21.9. The number of ether oxygens (including phenoxy) is 1. The van der Waals surface area contributed by atoms with E-state index in [9.17, 15) is 0 Å². The van der Waals surface area contributed by atoms with Crippen molar-refractivity contribution in [3.05, 3.63) is 180 Å².